The van der Waals surface area contributed by atoms with Gasteiger partial charge in [-0.05, 0) is 52.6 Å². The van der Waals surface area contributed by atoms with Crippen molar-refractivity contribution in [2.45, 2.75) is 26.3 Å². The molecule has 0 bridgehead atoms. The zero-order valence-electron chi connectivity index (χ0n) is 28.7. The molecule has 46 heavy (non-hydrogen) atoms. The highest BCUT2D eigenvalue weighted by Crippen LogP contribution is 2.28. The minimum Gasteiger partial charge on any atom is -0.495 e. The Balaban J connectivity index is 0.000000244. The number of fused-ring (bicyclic) bond motifs is 1. The van der Waals surface area contributed by atoms with Crippen molar-refractivity contribution in [2.75, 3.05) is 79.3 Å². The van der Waals surface area contributed by atoms with E-state index < -0.39 is 0 Å². The number of aryl methyl sites for hydroxylation is 1. The molecule has 3 aromatic carbocycles. The third-order valence-corrected chi connectivity index (χ3v) is 7.64. The molecule has 1 aromatic heterocycles. The fourth-order valence-corrected chi connectivity index (χ4v) is 4.53. The Kier molecular flexibility index (Phi) is 17.7. The summed E-state index contributed by atoms with van der Waals surface area (Å²) in [7, 11) is 9.58. The molecule has 1 saturated heterocycles. The monoisotopic (exact) mass is 634 g/mol. The first-order valence-corrected chi connectivity index (χ1v) is 15.8. The van der Waals surface area contributed by atoms with Gasteiger partial charge >= 0.3 is 0 Å². The summed E-state index contributed by atoms with van der Waals surface area (Å²) in [5.41, 5.74) is 3.76. The van der Waals surface area contributed by atoms with Gasteiger partial charge in [0.15, 0.2) is 5.78 Å². The number of benzene rings is 3. The minimum absolute atomic E-state index is 0.0763. The number of carbonyl (C=O) groups is 1. The lowest BCUT2D eigenvalue weighted by atomic mass is 10.0. The van der Waals surface area contributed by atoms with Gasteiger partial charge in [-0.2, -0.15) is 0 Å². The number of ether oxygens (including phenoxy) is 2. The number of anilines is 1. The highest BCUT2D eigenvalue weighted by Gasteiger charge is 2.19. The van der Waals surface area contributed by atoms with Gasteiger partial charge in [-0.1, -0.05) is 60.7 Å². The summed E-state index contributed by atoms with van der Waals surface area (Å²) in [6.45, 7) is 9.35. The third kappa shape index (κ3) is 12.2. The van der Waals surface area contributed by atoms with Gasteiger partial charge in [0.05, 0.1) is 19.5 Å². The van der Waals surface area contributed by atoms with Crippen LogP contribution >= 0.6 is 0 Å². The van der Waals surface area contributed by atoms with Crippen LogP contribution in [-0.4, -0.2) is 111 Å². The van der Waals surface area contributed by atoms with E-state index in [1.807, 2.05) is 84.5 Å². The molecule has 5 rings (SSSR count). The fraction of sp³-hybridized carbons (Fsp3) is 0.432. The highest BCUT2D eigenvalue weighted by atomic mass is 16.5. The predicted molar refractivity (Wildman–Crippen MR) is 189 cm³/mol. The second kappa shape index (κ2) is 21.1. The number of hydrogen-bond acceptors (Lipinski definition) is 8. The Bertz CT molecular complexity index is 1390. The van der Waals surface area contributed by atoms with Crippen LogP contribution in [0.25, 0.3) is 10.9 Å². The summed E-state index contributed by atoms with van der Waals surface area (Å²) in [5.74, 6) is 1.03. The molecule has 1 fully saturated rings. The maximum absolute atomic E-state index is 12.5. The van der Waals surface area contributed by atoms with E-state index in [-0.39, 0.29) is 19.0 Å². The van der Waals surface area contributed by atoms with Gasteiger partial charge in [0.1, 0.15) is 5.75 Å². The van der Waals surface area contributed by atoms with Crippen LogP contribution in [0.15, 0.2) is 85.1 Å². The summed E-state index contributed by atoms with van der Waals surface area (Å²) >= 11 is 0. The lowest BCUT2D eigenvalue weighted by Crippen LogP contribution is -2.47. The molecule has 0 saturated carbocycles. The van der Waals surface area contributed by atoms with Crippen LogP contribution in [0.1, 0.15) is 36.2 Å². The van der Waals surface area contributed by atoms with Crippen molar-refractivity contribution in [1.29, 1.82) is 0 Å². The van der Waals surface area contributed by atoms with Gasteiger partial charge in [0.25, 0.3) is 0 Å². The van der Waals surface area contributed by atoms with Gasteiger partial charge in [-0.3, -0.25) is 9.69 Å². The number of carbonyl (C=O) groups excluding carboxylic acids is 1. The molecule has 0 atom stereocenters. The number of nitrogens with zero attached hydrogens (tertiary/aromatic N) is 4. The second-order valence-electron chi connectivity index (χ2n) is 11.4. The number of ketones is 1. The number of aliphatic hydroxyl groups excluding tert-OH is 2. The van der Waals surface area contributed by atoms with Crippen molar-refractivity contribution in [1.82, 2.24) is 14.4 Å². The van der Waals surface area contributed by atoms with Gasteiger partial charge in [0, 0.05) is 87.8 Å². The number of methoxy groups -OCH3 is 2. The molecule has 252 valence electrons. The molecular weight excluding hydrogens is 580 g/mol. The lowest BCUT2D eigenvalue weighted by Gasteiger charge is -2.36. The molecule has 2 N–H and O–H groups in total. The molecule has 0 unspecified atom stereocenters. The summed E-state index contributed by atoms with van der Waals surface area (Å²) < 4.78 is 12.5. The zero-order chi connectivity index (χ0) is 33.9. The quantitative estimate of drug-likeness (QED) is 0.245. The second-order valence-corrected chi connectivity index (χ2v) is 11.4. The first kappa shape index (κ1) is 38.5. The van der Waals surface area contributed by atoms with Crippen molar-refractivity contribution < 1.29 is 24.5 Å². The summed E-state index contributed by atoms with van der Waals surface area (Å²) in [6, 6.07) is 26.2. The van der Waals surface area contributed by atoms with E-state index in [1.165, 1.54) is 5.69 Å². The van der Waals surface area contributed by atoms with Gasteiger partial charge in [0.2, 0.25) is 0 Å². The van der Waals surface area contributed by atoms with Gasteiger partial charge in [-0.15, -0.1) is 0 Å². The summed E-state index contributed by atoms with van der Waals surface area (Å²) in [4.78, 5) is 19.3. The Hall–Kier alpha value is -3.73. The number of piperazine rings is 1. The number of para-hydroxylation sites is 3. The largest absolute Gasteiger partial charge is 0.495 e. The number of aliphatic hydroxyl groups is 2. The number of rotatable bonds is 9. The van der Waals surface area contributed by atoms with Crippen LogP contribution in [0.2, 0.25) is 0 Å². The fourth-order valence-electron chi connectivity index (χ4n) is 4.53. The standard InChI is InChI=1S/C16H13NO.C13H20N2O2.C5H13N.C3H8O2/c1-17-11-14(13-9-5-6-10-15(13)17)16(18)12-7-3-2-4-8-12;1-16-11-14-7-9-15(10-8-14)12-5-3-4-6-13(12)17-2;1-5(2)6(3)4;4-2-1-3-5/h2-11H,1H3;3-6H,7-11H2,1-2H3;5H,1-4H3;4-5H,1-3H2. The Labute approximate surface area is 275 Å². The molecule has 9 heteroatoms. The summed E-state index contributed by atoms with van der Waals surface area (Å²) in [6.07, 6.45) is 2.40. The lowest BCUT2D eigenvalue weighted by molar-refractivity contribution is 0.0595. The van der Waals surface area contributed by atoms with Crippen LogP contribution in [0.4, 0.5) is 5.69 Å². The topological polar surface area (TPSA) is 90.6 Å². The molecule has 4 aromatic rings. The molecule has 9 nitrogen and oxygen atoms in total. The molecule has 0 radical (unpaired) electrons. The van der Waals surface area contributed by atoms with E-state index in [0.717, 1.165) is 60.7 Å². The third-order valence-electron chi connectivity index (χ3n) is 7.64. The number of hydrogen-bond donors (Lipinski definition) is 2. The zero-order valence-corrected chi connectivity index (χ0v) is 28.7. The van der Waals surface area contributed by atoms with Crippen molar-refractivity contribution in [3.63, 3.8) is 0 Å². The maximum atomic E-state index is 12.5. The smallest absolute Gasteiger partial charge is 0.195 e. The Morgan fingerprint density at radius 1 is 0.848 bits per heavy atom. The maximum Gasteiger partial charge on any atom is 0.195 e. The predicted octanol–water partition coefficient (Wildman–Crippen LogP) is 5.15. The van der Waals surface area contributed by atoms with Crippen molar-refractivity contribution in [2.24, 2.45) is 7.05 Å². The molecule has 0 aliphatic carbocycles. The normalized spacial score (nSPS) is 12.9. The van der Waals surface area contributed by atoms with E-state index >= 15 is 0 Å². The Morgan fingerprint density at radius 2 is 1.41 bits per heavy atom. The first-order valence-electron chi connectivity index (χ1n) is 15.8. The van der Waals surface area contributed by atoms with Crippen molar-refractivity contribution >= 4 is 22.4 Å². The van der Waals surface area contributed by atoms with Crippen LogP contribution < -0.4 is 9.64 Å². The van der Waals surface area contributed by atoms with Crippen LogP contribution in [-0.2, 0) is 11.8 Å². The van der Waals surface area contributed by atoms with E-state index in [2.05, 4.69) is 54.8 Å². The molecule has 0 spiro atoms. The van der Waals surface area contributed by atoms with Gasteiger partial charge in [-0.25, -0.2) is 0 Å². The summed E-state index contributed by atoms with van der Waals surface area (Å²) in [5, 5.41) is 16.8. The van der Waals surface area contributed by atoms with Crippen molar-refractivity contribution in [3.8, 4) is 5.75 Å². The van der Waals surface area contributed by atoms with Crippen LogP contribution in [0.3, 0.4) is 0 Å². The first-order chi connectivity index (χ1) is 22.2. The average molecular weight is 635 g/mol. The van der Waals surface area contributed by atoms with E-state index in [9.17, 15) is 4.79 Å². The Morgan fingerprint density at radius 3 is 1.96 bits per heavy atom. The highest BCUT2D eigenvalue weighted by molar-refractivity contribution is 6.16. The average Bonchev–Trinajstić information content (AvgIpc) is 3.42. The van der Waals surface area contributed by atoms with E-state index in [1.54, 1.807) is 14.2 Å². The molecule has 2 heterocycles. The molecule has 0 amide bonds. The van der Waals surface area contributed by atoms with Gasteiger partial charge < -0.3 is 34.1 Å². The van der Waals surface area contributed by atoms with Crippen LogP contribution in [0, 0.1) is 0 Å². The van der Waals surface area contributed by atoms with E-state index in [4.69, 9.17) is 19.7 Å². The van der Waals surface area contributed by atoms with E-state index in [0.29, 0.717) is 12.5 Å². The van der Waals surface area contributed by atoms with Crippen LogP contribution in [0.5, 0.6) is 5.75 Å². The molecular formula is C37H54N4O5. The van der Waals surface area contributed by atoms with Crippen molar-refractivity contribution in [3.05, 3.63) is 96.2 Å². The molecule has 1 aliphatic rings. The number of aromatic nitrogens is 1. The SMILES string of the molecule is CC(C)N(C)C.COCN1CCN(c2ccccc2OC)CC1.Cn1cc(C(=O)c2ccccc2)c2ccccc21.OCCCO. The minimum atomic E-state index is 0.0763. The molecule has 1 aliphatic heterocycles.